The van der Waals surface area contributed by atoms with Crippen LogP contribution in [0.4, 0.5) is 0 Å². The van der Waals surface area contributed by atoms with Gasteiger partial charge >= 0.3 is 0 Å². The van der Waals surface area contributed by atoms with Crippen LogP contribution in [-0.4, -0.2) is 19.1 Å². The van der Waals surface area contributed by atoms with E-state index in [9.17, 15) is 0 Å². The van der Waals surface area contributed by atoms with Crippen molar-refractivity contribution in [1.29, 1.82) is 0 Å². The molecule has 1 aliphatic rings. The number of fused-ring (bicyclic) bond motifs is 7. The van der Waals surface area contributed by atoms with Gasteiger partial charge in [-0.05, 0) is 83.3 Å². The normalized spacial score (nSPS) is 12.3. The summed E-state index contributed by atoms with van der Waals surface area (Å²) in [4.78, 5) is 9.65. The van der Waals surface area contributed by atoms with Crippen molar-refractivity contribution in [2.24, 2.45) is 7.05 Å². The lowest BCUT2D eigenvalue weighted by Gasteiger charge is -2.11. The summed E-state index contributed by atoms with van der Waals surface area (Å²) in [5.74, 6) is 0.966. The van der Waals surface area contributed by atoms with Gasteiger partial charge in [0.15, 0.2) is 0 Å². The van der Waals surface area contributed by atoms with Crippen LogP contribution in [0.3, 0.4) is 0 Å². The van der Waals surface area contributed by atoms with Crippen molar-refractivity contribution in [1.82, 2.24) is 19.1 Å². The van der Waals surface area contributed by atoms with Gasteiger partial charge in [0, 0.05) is 40.8 Å². The minimum atomic E-state index is 0.960. The highest BCUT2D eigenvalue weighted by molar-refractivity contribution is 6.12. The van der Waals surface area contributed by atoms with E-state index in [1.807, 2.05) is 24.4 Å². The third kappa shape index (κ3) is 3.36. The Morgan fingerprint density at radius 3 is 2.36 bits per heavy atom. The predicted molar refractivity (Wildman–Crippen MR) is 172 cm³/mol. The molecule has 0 unspecified atom stereocenters. The fourth-order valence-corrected chi connectivity index (χ4v) is 6.80. The smallest absolute Gasteiger partial charge is 0.140 e. The lowest BCUT2D eigenvalue weighted by molar-refractivity contribution is 0.959. The highest BCUT2D eigenvalue weighted by Crippen LogP contribution is 2.43. The van der Waals surface area contributed by atoms with Crippen molar-refractivity contribution in [2.75, 3.05) is 0 Å². The van der Waals surface area contributed by atoms with E-state index >= 15 is 0 Å². The quantitative estimate of drug-likeness (QED) is 0.225. The number of pyridine rings is 1. The van der Waals surface area contributed by atoms with Crippen molar-refractivity contribution in [3.05, 3.63) is 139 Å². The Balaban J connectivity index is 1.33. The third-order valence-electron chi connectivity index (χ3n) is 8.79. The van der Waals surface area contributed by atoms with E-state index in [2.05, 4.69) is 124 Å². The van der Waals surface area contributed by atoms with Gasteiger partial charge in [0.05, 0.1) is 27.8 Å². The van der Waals surface area contributed by atoms with E-state index in [-0.39, 0.29) is 0 Å². The molecule has 1 aliphatic carbocycles. The molecule has 8 aromatic rings. The minimum Gasteiger partial charge on any atom is -0.327 e. The molecule has 0 radical (unpaired) electrons. The number of aromatic nitrogens is 4. The fourth-order valence-electron chi connectivity index (χ4n) is 6.80. The number of rotatable bonds is 3. The zero-order valence-electron chi connectivity index (χ0n) is 23.1. The number of para-hydroxylation sites is 2. The van der Waals surface area contributed by atoms with E-state index in [1.54, 1.807) is 0 Å². The van der Waals surface area contributed by atoms with Crippen molar-refractivity contribution in [3.8, 4) is 39.5 Å². The lowest BCUT2D eigenvalue weighted by Crippen LogP contribution is -1.97. The van der Waals surface area contributed by atoms with Gasteiger partial charge < -0.3 is 9.13 Å². The summed E-state index contributed by atoms with van der Waals surface area (Å²) in [5, 5.41) is 2.50. The molecule has 42 heavy (non-hydrogen) atoms. The molecule has 0 N–H and O–H groups in total. The van der Waals surface area contributed by atoms with Gasteiger partial charge in [-0.25, -0.2) is 4.98 Å². The Morgan fingerprint density at radius 2 is 1.45 bits per heavy atom. The SMILES string of the molecule is Cn1c(-c2ccc3c4cc5c(cc4n(-c4cccc(-c6ccccn6)c4)c3c2)Cc2ccccc2-5)nc2ccccc21. The molecule has 0 atom stereocenters. The summed E-state index contributed by atoms with van der Waals surface area (Å²) < 4.78 is 4.61. The molecule has 0 bridgehead atoms. The maximum Gasteiger partial charge on any atom is 0.140 e. The second-order valence-electron chi connectivity index (χ2n) is 11.2. The van der Waals surface area contributed by atoms with Crippen LogP contribution in [-0.2, 0) is 13.5 Å². The fraction of sp³-hybridized carbons (Fsp3) is 0.0526. The van der Waals surface area contributed by atoms with Crippen LogP contribution in [0.1, 0.15) is 11.1 Å². The number of benzene rings is 5. The first-order valence-electron chi connectivity index (χ1n) is 14.4. The van der Waals surface area contributed by atoms with Crippen LogP contribution in [0, 0.1) is 0 Å². The molecule has 3 heterocycles. The Hall–Kier alpha value is -5.48. The number of aryl methyl sites for hydroxylation is 1. The molecule has 5 aromatic carbocycles. The second-order valence-corrected chi connectivity index (χ2v) is 11.2. The highest BCUT2D eigenvalue weighted by Gasteiger charge is 2.23. The lowest BCUT2D eigenvalue weighted by atomic mass is 10.0. The molecule has 198 valence electrons. The molecule has 0 saturated heterocycles. The van der Waals surface area contributed by atoms with Crippen LogP contribution in [0.5, 0.6) is 0 Å². The predicted octanol–water partition coefficient (Wildman–Crippen LogP) is 8.97. The van der Waals surface area contributed by atoms with Gasteiger partial charge in [-0.3, -0.25) is 4.98 Å². The van der Waals surface area contributed by atoms with Gasteiger partial charge in [0.2, 0.25) is 0 Å². The van der Waals surface area contributed by atoms with E-state index < -0.39 is 0 Å². The molecule has 0 spiro atoms. The Kier molecular flexibility index (Phi) is 4.85. The minimum absolute atomic E-state index is 0.960. The van der Waals surface area contributed by atoms with Crippen molar-refractivity contribution in [3.63, 3.8) is 0 Å². The summed E-state index contributed by atoms with van der Waals surface area (Å²) in [6.45, 7) is 0. The van der Waals surface area contributed by atoms with Crippen LogP contribution in [0.25, 0.3) is 72.3 Å². The van der Waals surface area contributed by atoms with E-state index in [4.69, 9.17) is 4.98 Å². The van der Waals surface area contributed by atoms with Crippen molar-refractivity contribution in [2.45, 2.75) is 6.42 Å². The van der Waals surface area contributed by atoms with E-state index in [0.717, 1.165) is 45.8 Å². The first kappa shape index (κ1) is 23.2. The molecule has 0 saturated carbocycles. The van der Waals surface area contributed by atoms with Gasteiger partial charge in [0.25, 0.3) is 0 Å². The second kappa shape index (κ2) is 8.76. The maximum absolute atomic E-state index is 5.02. The molecular formula is C38H26N4. The standard InChI is InChI=1S/C38H26N4/c1-41-35-15-5-4-14-34(35)40-38(41)26-16-17-30-32-23-31-27(19-24-9-2-3-12-29(24)31)22-37(32)42(36(30)21-26)28-11-8-10-25(20-28)33-13-6-7-18-39-33/h2-18,20-23H,19H2,1H3. The molecule has 3 aromatic heterocycles. The average Bonchev–Trinajstić information content (AvgIpc) is 3.69. The average molecular weight is 539 g/mol. The molecule has 0 fully saturated rings. The first-order valence-corrected chi connectivity index (χ1v) is 14.4. The van der Waals surface area contributed by atoms with E-state index in [1.165, 1.54) is 44.1 Å². The number of hydrogen-bond acceptors (Lipinski definition) is 2. The topological polar surface area (TPSA) is 35.6 Å². The van der Waals surface area contributed by atoms with Gasteiger partial charge in [-0.15, -0.1) is 0 Å². The van der Waals surface area contributed by atoms with Gasteiger partial charge in [0.1, 0.15) is 5.82 Å². The van der Waals surface area contributed by atoms with Gasteiger partial charge in [-0.1, -0.05) is 66.7 Å². The molecule has 0 aliphatic heterocycles. The molecule has 4 heteroatoms. The monoisotopic (exact) mass is 538 g/mol. The summed E-state index contributed by atoms with van der Waals surface area (Å²) in [7, 11) is 2.10. The highest BCUT2D eigenvalue weighted by atomic mass is 15.1. The zero-order valence-corrected chi connectivity index (χ0v) is 23.1. The molecular weight excluding hydrogens is 512 g/mol. The van der Waals surface area contributed by atoms with Crippen LogP contribution < -0.4 is 0 Å². The van der Waals surface area contributed by atoms with Crippen molar-refractivity contribution >= 4 is 32.8 Å². The Bertz CT molecular complexity index is 2340. The maximum atomic E-state index is 5.02. The van der Waals surface area contributed by atoms with Crippen LogP contribution >= 0.6 is 0 Å². The Labute approximate surface area is 243 Å². The molecule has 0 amide bonds. The summed E-state index contributed by atoms with van der Waals surface area (Å²) in [6.07, 6.45) is 2.81. The summed E-state index contributed by atoms with van der Waals surface area (Å²) in [5.41, 5.74) is 14.3. The number of hydrogen-bond donors (Lipinski definition) is 0. The van der Waals surface area contributed by atoms with Crippen LogP contribution in [0.2, 0.25) is 0 Å². The van der Waals surface area contributed by atoms with Crippen LogP contribution in [0.15, 0.2) is 128 Å². The largest absolute Gasteiger partial charge is 0.327 e. The summed E-state index contributed by atoms with van der Waals surface area (Å²) >= 11 is 0. The Morgan fingerprint density at radius 1 is 0.595 bits per heavy atom. The third-order valence-corrected chi connectivity index (χ3v) is 8.79. The summed E-state index contributed by atoms with van der Waals surface area (Å²) in [6, 6.07) is 43.6. The van der Waals surface area contributed by atoms with Crippen molar-refractivity contribution < 1.29 is 0 Å². The number of nitrogens with zero attached hydrogens (tertiary/aromatic N) is 4. The van der Waals surface area contributed by atoms with E-state index in [0.29, 0.717) is 0 Å². The van der Waals surface area contributed by atoms with Gasteiger partial charge in [-0.2, -0.15) is 0 Å². The molecule has 9 rings (SSSR count). The zero-order chi connectivity index (χ0) is 27.8. The first-order chi connectivity index (χ1) is 20.7. The number of imidazole rings is 1. The molecule has 4 nitrogen and oxygen atoms in total.